The zero-order chi connectivity index (χ0) is 18.7. The van der Waals surface area contributed by atoms with Gasteiger partial charge in [0.05, 0.1) is 18.1 Å². The molecule has 0 atom stereocenters. The molecule has 6 heteroatoms. The van der Waals surface area contributed by atoms with E-state index in [0.717, 1.165) is 17.5 Å². The van der Waals surface area contributed by atoms with Crippen molar-refractivity contribution in [2.24, 2.45) is 0 Å². The van der Waals surface area contributed by atoms with Crippen molar-refractivity contribution in [3.63, 3.8) is 0 Å². The molecule has 3 rings (SSSR count). The van der Waals surface area contributed by atoms with E-state index in [1.165, 1.54) is 16.2 Å². The minimum absolute atomic E-state index is 0.0119. The molecular weight excluding hydrogens is 348 g/mol. The summed E-state index contributed by atoms with van der Waals surface area (Å²) in [5, 5.41) is 2.97. The van der Waals surface area contributed by atoms with Crippen molar-refractivity contribution in [1.82, 2.24) is 4.90 Å². The molecule has 1 aliphatic rings. The number of hydrogen-bond donors (Lipinski definition) is 1. The third-order valence-corrected chi connectivity index (χ3v) is 6.06. The summed E-state index contributed by atoms with van der Waals surface area (Å²) in [6, 6.07) is 7.39. The molecule has 0 bridgehead atoms. The minimum atomic E-state index is -0.128. The lowest BCUT2D eigenvalue weighted by Crippen LogP contribution is -2.41. The number of hydrogen-bond acceptors (Lipinski definition) is 4. The van der Waals surface area contributed by atoms with Gasteiger partial charge in [0.25, 0.3) is 11.8 Å². The van der Waals surface area contributed by atoms with Crippen molar-refractivity contribution in [2.45, 2.75) is 27.2 Å². The molecule has 2 aromatic rings. The van der Waals surface area contributed by atoms with Crippen molar-refractivity contribution in [3.8, 4) is 0 Å². The van der Waals surface area contributed by atoms with Gasteiger partial charge in [0.2, 0.25) is 0 Å². The average molecular weight is 372 g/mol. The molecule has 0 unspecified atom stereocenters. The van der Waals surface area contributed by atoms with E-state index in [-0.39, 0.29) is 11.8 Å². The third kappa shape index (κ3) is 3.81. The summed E-state index contributed by atoms with van der Waals surface area (Å²) >= 11 is 1.52. The van der Waals surface area contributed by atoms with Crippen molar-refractivity contribution < 1.29 is 14.3 Å². The van der Waals surface area contributed by atoms with Crippen LogP contribution in [0.25, 0.3) is 0 Å². The number of amides is 2. The number of rotatable bonds is 4. The topological polar surface area (TPSA) is 58.6 Å². The van der Waals surface area contributed by atoms with Gasteiger partial charge < -0.3 is 15.0 Å². The Kier molecular flexibility index (Phi) is 5.74. The number of nitrogens with one attached hydrogen (secondary N) is 1. The molecule has 1 aromatic heterocycles. The highest BCUT2D eigenvalue weighted by molar-refractivity contribution is 7.14. The SMILES string of the molecule is CCc1sc(C(=O)Nc2cccc(C(=O)N3CCOCC3)c2C)cc1C. The number of thiophene rings is 1. The lowest BCUT2D eigenvalue weighted by atomic mass is 10.0. The first kappa shape index (κ1) is 18.6. The van der Waals surface area contributed by atoms with E-state index in [4.69, 9.17) is 4.74 Å². The van der Waals surface area contributed by atoms with Crippen molar-refractivity contribution in [1.29, 1.82) is 0 Å². The normalized spacial score (nSPS) is 14.3. The van der Waals surface area contributed by atoms with E-state index in [0.29, 0.717) is 42.4 Å². The molecule has 1 N–H and O–H groups in total. The van der Waals surface area contributed by atoms with Crippen molar-refractivity contribution in [3.05, 3.63) is 50.7 Å². The van der Waals surface area contributed by atoms with E-state index < -0.39 is 0 Å². The molecule has 1 fully saturated rings. The summed E-state index contributed by atoms with van der Waals surface area (Å²) in [6.07, 6.45) is 0.923. The van der Waals surface area contributed by atoms with Crippen LogP contribution in [0.2, 0.25) is 0 Å². The van der Waals surface area contributed by atoms with Crippen LogP contribution in [0.5, 0.6) is 0 Å². The van der Waals surface area contributed by atoms with Crippen LogP contribution in [0.3, 0.4) is 0 Å². The predicted molar refractivity (Wildman–Crippen MR) is 104 cm³/mol. The minimum Gasteiger partial charge on any atom is -0.378 e. The van der Waals surface area contributed by atoms with Crippen LogP contribution in [-0.4, -0.2) is 43.0 Å². The fourth-order valence-electron chi connectivity index (χ4n) is 3.11. The highest BCUT2D eigenvalue weighted by Gasteiger charge is 2.21. The Morgan fingerprint density at radius 1 is 1.23 bits per heavy atom. The maximum atomic E-state index is 12.8. The Bertz CT molecular complexity index is 822. The number of aryl methyl sites for hydroxylation is 2. The van der Waals surface area contributed by atoms with Crippen LogP contribution in [0.4, 0.5) is 5.69 Å². The highest BCUT2D eigenvalue weighted by Crippen LogP contribution is 2.25. The molecule has 2 amide bonds. The molecular formula is C20H24N2O3S. The molecule has 5 nitrogen and oxygen atoms in total. The summed E-state index contributed by atoms with van der Waals surface area (Å²) in [4.78, 5) is 29.1. The number of ether oxygens (including phenoxy) is 1. The first-order valence-electron chi connectivity index (χ1n) is 8.88. The summed E-state index contributed by atoms with van der Waals surface area (Å²) in [5.41, 5.74) is 3.25. The van der Waals surface area contributed by atoms with Gasteiger partial charge in [-0.1, -0.05) is 13.0 Å². The van der Waals surface area contributed by atoms with Crippen LogP contribution < -0.4 is 5.32 Å². The van der Waals surface area contributed by atoms with Crippen LogP contribution in [0.15, 0.2) is 24.3 Å². The molecule has 1 saturated heterocycles. The van der Waals surface area contributed by atoms with Gasteiger partial charge in [-0.25, -0.2) is 0 Å². The molecule has 2 heterocycles. The number of morpholine rings is 1. The van der Waals surface area contributed by atoms with E-state index in [2.05, 4.69) is 12.2 Å². The first-order chi connectivity index (χ1) is 12.5. The van der Waals surface area contributed by atoms with Gasteiger partial charge in [-0.2, -0.15) is 0 Å². The number of nitrogens with zero attached hydrogens (tertiary/aromatic N) is 1. The van der Waals surface area contributed by atoms with Gasteiger partial charge in [-0.05, 0) is 49.6 Å². The molecule has 1 aromatic carbocycles. The molecule has 26 heavy (non-hydrogen) atoms. The number of benzene rings is 1. The summed E-state index contributed by atoms with van der Waals surface area (Å²) in [5.74, 6) is -0.140. The summed E-state index contributed by atoms with van der Waals surface area (Å²) in [7, 11) is 0. The second-order valence-corrected chi connectivity index (χ2v) is 7.54. The smallest absolute Gasteiger partial charge is 0.265 e. The van der Waals surface area contributed by atoms with Crippen molar-refractivity contribution >= 4 is 28.8 Å². The Hall–Kier alpha value is -2.18. The zero-order valence-corrected chi connectivity index (χ0v) is 16.2. The van der Waals surface area contributed by atoms with E-state index in [9.17, 15) is 9.59 Å². The molecule has 0 aliphatic carbocycles. The molecule has 0 radical (unpaired) electrons. The largest absolute Gasteiger partial charge is 0.378 e. The maximum Gasteiger partial charge on any atom is 0.265 e. The predicted octanol–water partition coefficient (Wildman–Crippen LogP) is 3.65. The number of anilines is 1. The summed E-state index contributed by atoms with van der Waals surface area (Å²) < 4.78 is 5.31. The zero-order valence-electron chi connectivity index (χ0n) is 15.4. The quantitative estimate of drug-likeness (QED) is 0.891. The average Bonchev–Trinajstić information content (AvgIpc) is 3.04. The third-order valence-electron chi connectivity index (χ3n) is 4.68. The molecule has 0 spiro atoms. The van der Waals surface area contributed by atoms with E-state index in [1.807, 2.05) is 38.1 Å². The summed E-state index contributed by atoms with van der Waals surface area (Å²) in [6.45, 7) is 8.33. The van der Waals surface area contributed by atoms with Gasteiger partial charge in [-0.15, -0.1) is 11.3 Å². The fraction of sp³-hybridized carbons (Fsp3) is 0.400. The van der Waals surface area contributed by atoms with Crippen LogP contribution in [0.1, 0.15) is 43.0 Å². The Labute approximate surface area is 158 Å². The van der Waals surface area contributed by atoms with Gasteiger partial charge >= 0.3 is 0 Å². The fourth-order valence-corrected chi connectivity index (χ4v) is 4.12. The van der Waals surface area contributed by atoms with Crippen LogP contribution in [-0.2, 0) is 11.2 Å². The number of carbonyl (C=O) groups is 2. The van der Waals surface area contributed by atoms with E-state index >= 15 is 0 Å². The Balaban J connectivity index is 1.80. The lowest BCUT2D eigenvalue weighted by Gasteiger charge is -2.27. The second-order valence-electron chi connectivity index (χ2n) is 6.41. The second kappa shape index (κ2) is 8.01. The van der Waals surface area contributed by atoms with Gasteiger partial charge in [0.1, 0.15) is 0 Å². The van der Waals surface area contributed by atoms with Gasteiger partial charge in [-0.3, -0.25) is 9.59 Å². The van der Waals surface area contributed by atoms with E-state index in [1.54, 1.807) is 4.90 Å². The van der Waals surface area contributed by atoms with Gasteiger partial charge in [0, 0.05) is 29.2 Å². The standard InChI is InChI=1S/C20H24N2O3S/c1-4-17-13(2)12-18(26-17)19(23)21-16-7-5-6-15(14(16)3)20(24)22-8-10-25-11-9-22/h5-7,12H,4,8-11H2,1-3H3,(H,21,23). The Morgan fingerprint density at radius 2 is 1.96 bits per heavy atom. The van der Waals surface area contributed by atoms with Gasteiger partial charge in [0.15, 0.2) is 0 Å². The molecule has 138 valence electrons. The highest BCUT2D eigenvalue weighted by atomic mass is 32.1. The van der Waals surface area contributed by atoms with Crippen LogP contribution in [0, 0.1) is 13.8 Å². The molecule has 1 aliphatic heterocycles. The van der Waals surface area contributed by atoms with Crippen LogP contribution >= 0.6 is 11.3 Å². The first-order valence-corrected chi connectivity index (χ1v) is 9.70. The maximum absolute atomic E-state index is 12.8. The monoisotopic (exact) mass is 372 g/mol. The molecule has 0 saturated carbocycles. The van der Waals surface area contributed by atoms with Crippen molar-refractivity contribution in [2.75, 3.05) is 31.6 Å². The Morgan fingerprint density at radius 3 is 2.62 bits per heavy atom. The lowest BCUT2D eigenvalue weighted by molar-refractivity contribution is 0.0302. The number of carbonyl (C=O) groups excluding carboxylic acids is 2.